The molecule has 1 unspecified atom stereocenters. The Kier molecular flexibility index (Phi) is 5.56. The first-order valence-corrected chi connectivity index (χ1v) is 9.54. The van der Waals surface area contributed by atoms with Crippen LogP contribution < -0.4 is 0 Å². The molecule has 0 bridgehead atoms. The quantitative estimate of drug-likeness (QED) is 0.688. The van der Waals surface area contributed by atoms with Gasteiger partial charge in [-0.25, -0.2) is 0 Å². The molecule has 3 heterocycles. The summed E-state index contributed by atoms with van der Waals surface area (Å²) in [7, 11) is 0. The summed E-state index contributed by atoms with van der Waals surface area (Å²) in [5.41, 5.74) is 6.06. The molecule has 138 valence electrons. The average Bonchev–Trinajstić information content (AvgIpc) is 2.74. The predicted molar refractivity (Wildman–Crippen MR) is 107 cm³/mol. The van der Waals surface area contributed by atoms with Crippen LogP contribution in [-0.2, 0) is 11.2 Å². The topological polar surface area (TPSA) is 38.2 Å². The van der Waals surface area contributed by atoms with Gasteiger partial charge in [-0.05, 0) is 42.2 Å². The highest BCUT2D eigenvalue weighted by atomic mass is 16.5. The Morgan fingerprint density at radius 1 is 1.00 bits per heavy atom. The molecule has 0 amide bonds. The van der Waals surface area contributed by atoms with Gasteiger partial charge in [0.1, 0.15) is 0 Å². The van der Waals surface area contributed by atoms with Crippen molar-refractivity contribution in [3.63, 3.8) is 0 Å². The van der Waals surface area contributed by atoms with Gasteiger partial charge in [0.15, 0.2) is 0 Å². The van der Waals surface area contributed by atoms with E-state index in [0.29, 0.717) is 0 Å². The fourth-order valence-corrected chi connectivity index (χ4v) is 3.81. The van der Waals surface area contributed by atoms with Crippen LogP contribution in [0.15, 0.2) is 67.1 Å². The number of morpholine rings is 1. The molecule has 0 N–H and O–H groups in total. The van der Waals surface area contributed by atoms with Crippen molar-refractivity contribution in [2.75, 3.05) is 26.3 Å². The minimum absolute atomic E-state index is 0.273. The number of rotatable bonds is 5. The minimum Gasteiger partial charge on any atom is -0.379 e. The molecule has 1 aromatic carbocycles. The van der Waals surface area contributed by atoms with Gasteiger partial charge < -0.3 is 4.74 Å². The van der Waals surface area contributed by atoms with Crippen molar-refractivity contribution < 1.29 is 4.74 Å². The Morgan fingerprint density at radius 2 is 1.81 bits per heavy atom. The molecule has 0 radical (unpaired) electrons. The van der Waals surface area contributed by atoms with Gasteiger partial charge in [-0.2, -0.15) is 0 Å². The molecule has 4 rings (SSSR count). The van der Waals surface area contributed by atoms with Crippen LogP contribution in [0.2, 0.25) is 0 Å². The Bertz CT molecular complexity index is 876. The zero-order chi connectivity index (χ0) is 18.5. The standard InChI is InChI=1S/C23H25N3O/c1-18-6-2-3-9-21(18)23-19(7-5-11-25-23)16-22(20-8-4-10-24-17-20)26-12-14-27-15-13-26/h2-11,17,22H,12-16H2,1H3. The lowest BCUT2D eigenvalue weighted by Crippen LogP contribution is -2.40. The monoisotopic (exact) mass is 359 g/mol. The van der Waals surface area contributed by atoms with E-state index in [9.17, 15) is 0 Å². The first kappa shape index (κ1) is 17.8. The zero-order valence-electron chi connectivity index (χ0n) is 15.7. The lowest BCUT2D eigenvalue weighted by Gasteiger charge is -2.35. The number of ether oxygens (including phenoxy) is 1. The smallest absolute Gasteiger partial charge is 0.0737 e. The molecule has 4 heteroatoms. The molecular weight excluding hydrogens is 334 g/mol. The highest BCUT2D eigenvalue weighted by molar-refractivity contribution is 5.66. The van der Waals surface area contributed by atoms with Crippen molar-refractivity contribution in [3.05, 3.63) is 83.8 Å². The maximum atomic E-state index is 5.58. The summed E-state index contributed by atoms with van der Waals surface area (Å²) in [5, 5.41) is 0. The number of aromatic nitrogens is 2. The van der Waals surface area contributed by atoms with Crippen molar-refractivity contribution in [2.45, 2.75) is 19.4 Å². The molecule has 2 aromatic heterocycles. The van der Waals surface area contributed by atoms with Crippen molar-refractivity contribution in [2.24, 2.45) is 0 Å². The van der Waals surface area contributed by atoms with Crippen LogP contribution in [0, 0.1) is 6.92 Å². The van der Waals surface area contributed by atoms with Crippen molar-refractivity contribution in [1.82, 2.24) is 14.9 Å². The van der Waals surface area contributed by atoms with Gasteiger partial charge in [0.2, 0.25) is 0 Å². The van der Waals surface area contributed by atoms with E-state index in [-0.39, 0.29) is 6.04 Å². The highest BCUT2D eigenvalue weighted by Gasteiger charge is 2.24. The second-order valence-corrected chi connectivity index (χ2v) is 6.98. The van der Waals surface area contributed by atoms with Crippen LogP contribution in [0.3, 0.4) is 0 Å². The molecular formula is C23H25N3O. The maximum absolute atomic E-state index is 5.58. The van der Waals surface area contributed by atoms with Crippen LogP contribution in [0.5, 0.6) is 0 Å². The highest BCUT2D eigenvalue weighted by Crippen LogP contribution is 2.31. The average molecular weight is 359 g/mol. The van der Waals surface area contributed by atoms with E-state index in [1.165, 1.54) is 22.3 Å². The van der Waals surface area contributed by atoms with E-state index < -0.39 is 0 Å². The van der Waals surface area contributed by atoms with Crippen molar-refractivity contribution in [1.29, 1.82) is 0 Å². The fourth-order valence-electron chi connectivity index (χ4n) is 3.81. The second-order valence-electron chi connectivity index (χ2n) is 6.98. The number of aryl methyl sites for hydroxylation is 1. The largest absolute Gasteiger partial charge is 0.379 e. The summed E-state index contributed by atoms with van der Waals surface area (Å²) in [5.74, 6) is 0. The van der Waals surface area contributed by atoms with Gasteiger partial charge in [-0.1, -0.05) is 36.4 Å². The summed E-state index contributed by atoms with van der Waals surface area (Å²) in [6.45, 7) is 5.61. The summed E-state index contributed by atoms with van der Waals surface area (Å²) in [6, 6.07) is 17.2. The molecule has 0 spiro atoms. The van der Waals surface area contributed by atoms with Gasteiger partial charge in [0.25, 0.3) is 0 Å². The summed E-state index contributed by atoms with van der Waals surface area (Å²) in [6.07, 6.45) is 6.62. The number of hydrogen-bond acceptors (Lipinski definition) is 4. The molecule has 0 aliphatic carbocycles. The van der Waals surface area contributed by atoms with E-state index in [4.69, 9.17) is 9.72 Å². The number of pyridine rings is 2. The molecule has 1 saturated heterocycles. The first-order valence-electron chi connectivity index (χ1n) is 9.54. The first-order chi connectivity index (χ1) is 13.3. The molecule has 1 fully saturated rings. The van der Waals surface area contributed by atoms with Gasteiger partial charge in [0, 0.05) is 43.3 Å². The Balaban J connectivity index is 1.71. The minimum atomic E-state index is 0.273. The fraction of sp³-hybridized carbons (Fsp3) is 0.304. The zero-order valence-corrected chi connectivity index (χ0v) is 15.7. The van der Waals surface area contributed by atoms with Crippen LogP contribution in [0.25, 0.3) is 11.3 Å². The Morgan fingerprint density at radius 3 is 2.59 bits per heavy atom. The van der Waals surface area contributed by atoms with Crippen molar-refractivity contribution in [3.8, 4) is 11.3 Å². The molecule has 27 heavy (non-hydrogen) atoms. The molecule has 0 saturated carbocycles. The van der Waals surface area contributed by atoms with Crippen LogP contribution in [-0.4, -0.2) is 41.2 Å². The lowest BCUT2D eigenvalue weighted by molar-refractivity contribution is 0.0160. The third-order valence-corrected chi connectivity index (χ3v) is 5.26. The van der Waals surface area contributed by atoms with Gasteiger partial charge in [-0.15, -0.1) is 0 Å². The molecule has 4 nitrogen and oxygen atoms in total. The Labute approximate surface area is 160 Å². The lowest BCUT2D eigenvalue weighted by atomic mass is 9.93. The summed E-state index contributed by atoms with van der Waals surface area (Å²) in [4.78, 5) is 11.6. The number of nitrogens with zero attached hydrogens (tertiary/aromatic N) is 3. The van der Waals surface area contributed by atoms with Crippen LogP contribution in [0.1, 0.15) is 22.7 Å². The normalized spacial score (nSPS) is 16.2. The van der Waals surface area contributed by atoms with Crippen LogP contribution >= 0.6 is 0 Å². The van der Waals surface area contributed by atoms with E-state index in [1.807, 2.05) is 30.7 Å². The predicted octanol–water partition coefficient (Wildman–Crippen LogP) is 4.07. The third kappa shape index (κ3) is 4.07. The summed E-state index contributed by atoms with van der Waals surface area (Å²) < 4.78 is 5.58. The van der Waals surface area contributed by atoms with E-state index in [2.05, 4.69) is 53.2 Å². The van der Waals surface area contributed by atoms with Crippen LogP contribution in [0.4, 0.5) is 0 Å². The van der Waals surface area contributed by atoms with E-state index >= 15 is 0 Å². The number of benzene rings is 1. The molecule has 1 aliphatic rings. The molecule has 1 aliphatic heterocycles. The van der Waals surface area contributed by atoms with E-state index in [0.717, 1.165) is 38.4 Å². The molecule has 3 aromatic rings. The Hall–Kier alpha value is -2.56. The van der Waals surface area contributed by atoms with Gasteiger partial charge >= 0.3 is 0 Å². The van der Waals surface area contributed by atoms with Crippen molar-refractivity contribution >= 4 is 0 Å². The maximum Gasteiger partial charge on any atom is 0.0737 e. The second kappa shape index (κ2) is 8.42. The van der Waals surface area contributed by atoms with E-state index in [1.54, 1.807) is 0 Å². The number of hydrogen-bond donors (Lipinski definition) is 0. The summed E-state index contributed by atoms with van der Waals surface area (Å²) >= 11 is 0. The molecule has 1 atom stereocenters. The van der Waals surface area contributed by atoms with Gasteiger partial charge in [0.05, 0.1) is 18.9 Å². The van der Waals surface area contributed by atoms with Gasteiger partial charge in [-0.3, -0.25) is 14.9 Å². The third-order valence-electron chi connectivity index (χ3n) is 5.26. The SMILES string of the molecule is Cc1ccccc1-c1ncccc1CC(c1cccnc1)N1CCOCC1.